The molecule has 0 aliphatic rings. The van der Waals surface area contributed by atoms with E-state index in [2.05, 4.69) is 15.3 Å². The first-order chi connectivity index (χ1) is 12.5. The average Bonchev–Trinajstić information content (AvgIpc) is 3.17. The van der Waals surface area contributed by atoms with Crippen LogP contribution in [-0.2, 0) is 13.5 Å². The maximum Gasteiger partial charge on any atom is 0.192 e. The van der Waals surface area contributed by atoms with Crippen LogP contribution >= 0.6 is 0 Å². The second kappa shape index (κ2) is 6.22. The van der Waals surface area contributed by atoms with Gasteiger partial charge in [0.1, 0.15) is 5.82 Å². The largest absolute Gasteiger partial charge is 0.331 e. The van der Waals surface area contributed by atoms with E-state index in [0.717, 1.165) is 28.2 Å². The second-order valence-corrected chi connectivity index (χ2v) is 6.45. The van der Waals surface area contributed by atoms with Gasteiger partial charge in [-0.1, -0.05) is 35.0 Å². The standard InChI is InChI=1S/C20H19N5O/c1-13-8-10-15(11-9-13)25-14(2)20(22-23-25)18(26)12-19-21-16-6-4-5-7-17(16)24(19)3/h4-11H,12H2,1-3H3. The topological polar surface area (TPSA) is 65.6 Å². The quantitative estimate of drug-likeness (QED) is 0.533. The molecule has 130 valence electrons. The second-order valence-electron chi connectivity index (χ2n) is 6.45. The van der Waals surface area contributed by atoms with Gasteiger partial charge in [-0.3, -0.25) is 4.79 Å². The molecule has 0 bridgehead atoms. The van der Waals surface area contributed by atoms with Crippen molar-refractivity contribution in [2.24, 2.45) is 7.05 Å². The summed E-state index contributed by atoms with van der Waals surface area (Å²) in [5.74, 6) is 0.639. The number of ketones is 1. The third-order valence-electron chi connectivity index (χ3n) is 4.64. The molecule has 0 aliphatic carbocycles. The Morgan fingerprint density at radius 2 is 1.77 bits per heavy atom. The Hall–Kier alpha value is -3.28. The highest BCUT2D eigenvalue weighted by Crippen LogP contribution is 2.18. The van der Waals surface area contributed by atoms with E-state index < -0.39 is 0 Å². The fourth-order valence-electron chi connectivity index (χ4n) is 3.10. The van der Waals surface area contributed by atoms with Gasteiger partial charge in [0.15, 0.2) is 11.5 Å². The first-order valence-corrected chi connectivity index (χ1v) is 8.47. The molecule has 0 unspecified atom stereocenters. The van der Waals surface area contributed by atoms with Crippen molar-refractivity contribution in [3.05, 3.63) is 71.3 Å². The minimum absolute atomic E-state index is 0.0840. The predicted octanol–water partition coefficient (Wildman–Crippen LogP) is 3.20. The van der Waals surface area contributed by atoms with Gasteiger partial charge in [0, 0.05) is 7.05 Å². The Morgan fingerprint density at radius 3 is 2.50 bits per heavy atom. The van der Waals surface area contributed by atoms with E-state index in [1.165, 1.54) is 5.56 Å². The lowest BCUT2D eigenvalue weighted by Gasteiger charge is -2.04. The van der Waals surface area contributed by atoms with Gasteiger partial charge in [0.25, 0.3) is 0 Å². The SMILES string of the molecule is Cc1ccc(-n2nnc(C(=O)Cc3nc4ccccc4n3C)c2C)cc1. The van der Waals surface area contributed by atoms with Crippen molar-refractivity contribution in [3.8, 4) is 5.69 Å². The summed E-state index contributed by atoms with van der Waals surface area (Å²) < 4.78 is 3.65. The highest BCUT2D eigenvalue weighted by Gasteiger charge is 2.20. The number of aryl methyl sites for hydroxylation is 2. The molecule has 4 rings (SSSR count). The van der Waals surface area contributed by atoms with Gasteiger partial charge in [0.2, 0.25) is 0 Å². The molecule has 4 aromatic rings. The number of nitrogens with zero attached hydrogens (tertiary/aromatic N) is 5. The molecule has 0 atom stereocenters. The zero-order chi connectivity index (χ0) is 18.3. The Bertz CT molecular complexity index is 1110. The minimum Gasteiger partial charge on any atom is -0.331 e. The molecule has 0 fully saturated rings. The highest BCUT2D eigenvalue weighted by molar-refractivity contribution is 5.96. The lowest BCUT2D eigenvalue weighted by atomic mass is 10.1. The van der Waals surface area contributed by atoms with E-state index in [1.54, 1.807) is 4.68 Å². The van der Waals surface area contributed by atoms with Crippen LogP contribution in [-0.4, -0.2) is 30.3 Å². The van der Waals surface area contributed by atoms with Crippen LogP contribution in [0.1, 0.15) is 27.6 Å². The van der Waals surface area contributed by atoms with Crippen LogP contribution in [0.25, 0.3) is 16.7 Å². The van der Waals surface area contributed by atoms with Gasteiger partial charge in [-0.25, -0.2) is 9.67 Å². The van der Waals surface area contributed by atoms with Crippen molar-refractivity contribution in [2.45, 2.75) is 20.3 Å². The summed E-state index contributed by atoms with van der Waals surface area (Å²) in [6.45, 7) is 3.89. The molecule has 26 heavy (non-hydrogen) atoms. The number of para-hydroxylation sites is 2. The van der Waals surface area contributed by atoms with E-state index in [4.69, 9.17) is 0 Å². The number of rotatable bonds is 4. The zero-order valence-electron chi connectivity index (χ0n) is 15.0. The molecule has 0 aliphatic heterocycles. The third-order valence-corrected chi connectivity index (χ3v) is 4.64. The molecule has 2 heterocycles. The number of hydrogen-bond acceptors (Lipinski definition) is 4. The lowest BCUT2D eigenvalue weighted by molar-refractivity contribution is 0.0984. The Labute approximate surface area is 151 Å². The number of fused-ring (bicyclic) bond motifs is 1. The molecule has 0 radical (unpaired) electrons. The van der Waals surface area contributed by atoms with Crippen LogP contribution in [0.4, 0.5) is 0 Å². The van der Waals surface area contributed by atoms with Gasteiger partial charge in [0.05, 0.1) is 28.8 Å². The summed E-state index contributed by atoms with van der Waals surface area (Å²) in [6, 6.07) is 15.8. The molecule has 6 heteroatoms. The summed E-state index contributed by atoms with van der Waals surface area (Å²) in [6.07, 6.45) is 0.193. The van der Waals surface area contributed by atoms with Crippen LogP contribution in [0.2, 0.25) is 0 Å². The van der Waals surface area contributed by atoms with E-state index in [0.29, 0.717) is 5.69 Å². The van der Waals surface area contributed by atoms with Gasteiger partial charge in [-0.2, -0.15) is 0 Å². The molecule has 2 aromatic heterocycles. The monoisotopic (exact) mass is 345 g/mol. The van der Waals surface area contributed by atoms with Crippen LogP contribution in [0.5, 0.6) is 0 Å². The minimum atomic E-state index is -0.0840. The number of hydrogen-bond donors (Lipinski definition) is 0. The highest BCUT2D eigenvalue weighted by atomic mass is 16.1. The number of imidazole rings is 1. The summed E-state index contributed by atoms with van der Waals surface area (Å²) in [5.41, 5.74) is 5.08. The molecule has 0 saturated carbocycles. The first kappa shape index (κ1) is 16.2. The predicted molar refractivity (Wildman–Crippen MR) is 99.6 cm³/mol. The molecule has 0 N–H and O–H groups in total. The third kappa shape index (κ3) is 2.69. The van der Waals surface area contributed by atoms with Crippen molar-refractivity contribution in [2.75, 3.05) is 0 Å². The number of carbonyl (C=O) groups excluding carboxylic acids is 1. The molecule has 0 saturated heterocycles. The number of Topliss-reactive ketones (excluding diaryl/α,β-unsaturated/α-hetero) is 1. The zero-order valence-corrected chi connectivity index (χ0v) is 15.0. The summed E-state index contributed by atoms with van der Waals surface area (Å²) in [4.78, 5) is 17.4. The Morgan fingerprint density at radius 1 is 1.04 bits per heavy atom. The summed E-state index contributed by atoms with van der Waals surface area (Å²) in [5, 5.41) is 8.28. The van der Waals surface area contributed by atoms with Crippen molar-refractivity contribution in [1.29, 1.82) is 0 Å². The maximum absolute atomic E-state index is 12.8. The maximum atomic E-state index is 12.8. The average molecular weight is 345 g/mol. The van der Waals surface area contributed by atoms with E-state index in [9.17, 15) is 4.79 Å². The molecule has 0 amide bonds. The fraction of sp³-hybridized carbons (Fsp3) is 0.200. The Balaban J connectivity index is 1.64. The van der Waals surface area contributed by atoms with Crippen LogP contribution in [0, 0.1) is 13.8 Å². The van der Waals surface area contributed by atoms with Crippen molar-refractivity contribution < 1.29 is 4.79 Å². The van der Waals surface area contributed by atoms with Crippen LogP contribution < -0.4 is 0 Å². The van der Waals surface area contributed by atoms with Crippen molar-refractivity contribution in [3.63, 3.8) is 0 Å². The molecule has 2 aromatic carbocycles. The fourth-order valence-corrected chi connectivity index (χ4v) is 3.10. The first-order valence-electron chi connectivity index (χ1n) is 8.47. The van der Waals surface area contributed by atoms with E-state index >= 15 is 0 Å². The molecular formula is C20H19N5O. The van der Waals surface area contributed by atoms with Crippen LogP contribution in [0.3, 0.4) is 0 Å². The smallest absolute Gasteiger partial charge is 0.192 e. The van der Waals surface area contributed by atoms with Crippen molar-refractivity contribution >= 4 is 16.8 Å². The number of aromatic nitrogens is 5. The number of carbonyl (C=O) groups is 1. The van der Waals surface area contributed by atoms with Crippen LogP contribution in [0.15, 0.2) is 48.5 Å². The normalized spacial score (nSPS) is 11.2. The van der Waals surface area contributed by atoms with Gasteiger partial charge in [-0.15, -0.1) is 5.10 Å². The molecule has 6 nitrogen and oxygen atoms in total. The van der Waals surface area contributed by atoms with Gasteiger partial charge in [-0.05, 0) is 38.1 Å². The molecular weight excluding hydrogens is 326 g/mol. The number of benzene rings is 2. The lowest BCUT2D eigenvalue weighted by Crippen LogP contribution is -2.10. The van der Waals surface area contributed by atoms with Gasteiger partial charge >= 0.3 is 0 Å². The summed E-state index contributed by atoms with van der Waals surface area (Å²) >= 11 is 0. The van der Waals surface area contributed by atoms with E-state index in [1.807, 2.05) is 74.0 Å². The van der Waals surface area contributed by atoms with Gasteiger partial charge < -0.3 is 4.57 Å². The van der Waals surface area contributed by atoms with E-state index in [-0.39, 0.29) is 12.2 Å². The van der Waals surface area contributed by atoms with Crippen molar-refractivity contribution in [1.82, 2.24) is 24.5 Å². The molecule has 0 spiro atoms. The Kier molecular flexibility index (Phi) is 3.88. The summed E-state index contributed by atoms with van der Waals surface area (Å²) in [7, 11) is 1.92.